The van der Waals surface area contributed by atoms with Gasteiger partial charge >= 0.3 is 11.9 Å². The van der Waals surface area contributed by atoms with Crippen LogP contribution in [0.4, 0.5) is 0 Å². The Kier molecular flexibility index (Phi) is 23.8. The van der Waals surface area contributed by atoms with E-state index in [9.17, 15) is 68.4 Å². The van der Waals surface area contributed by atoms with E-state index >= 15 is 0 Å². The molecule has 1 heterocycles. The summed E-state index contributed by atoms with van der Waals surface area (Å²) in [6.07, 6.45) is -3.39. The molecule has 0 radical (unpaired) electrons. The molecule has 0 unspecified atom stereocenters. The van der Waals surface area contributed by atoms with Crippen molar-refractivity contribution in [2.45, 2.75) is 127 Å². The topological polar surface area (TPSA) is 450 Å². The lowest BCUT2D eigenvalue weighted by molar-refractivity contribution is -0.142. The zero-order valence-electron chi connectivity index (χ0n) is 38.8. The Hall–Kier alpha value is -7.13. The highest BCUT2D eigenvalue weighted by molar-refractivity contribution is 5.97. The van der Waals surface area contributed by atoms with Crippen LogP contribution in [0.2, 0.25) is 0 Å². The van der Waals surface area contributed by atoms with E-state index in [0.29, 0.717) is 12.0 Å². The number of nitrogens with two attached hydrogens (primary N) is 3. The van der Waals surface area contributed by atoms with Gasteiger partial charge in [-0.1, -0.05) is 26.0 Å². The molecule has 18 N–H and O–H groups in total. The number of amides is 8. The predicted octanol–water partition coefficient (Wildman–Crippen LogP) is -5.67. The van der Waals surface area contributed by atoms with Crippen molar-refractivity contribution >= 4 is 65.2 Å². The highest BCUT2D eigenvalue weighted by atomic mass is 16.4. The molecule has 1 aromatic rings. The van der Waals surface area contributed by atoms with Crippen molar-refractivity contribution in [3.05, 3.63) is 29.8 Å². The second-order valence-electron chi connectivity index (χ2n) is 16.9. The maximum atomic E-state index is 13.6. The Labute approximate surface area is 397 Å². The summed E-state index contributed by atoms with van der Waals surface area (Å²) in [7, 11) is 0. The van der Waals surface area contributed by atoms with Gasteiger partial charge in [-0.3, -0.25) is 48.1 Å². The van der Waals surface area contributed by atoms with E-state index in [0.717, 1.165) is 6.92 Å². The number of aliphatic hydroxyl groups is 2. The standard InChI is InChI=1S/C42H66N12O15/c1-20(2)15-27(50-38(65)29-8-6-14-54(29)31(59)19-48-35(62)25(43)17-32(60)61)37(64)53-33(21(3)55)39(66)47-18-30(58)52-34(22(4)56)40(67)51-28(16-23-9-11-24(57)12-10-23)36(63)49-26(41(68)69)7-5-13-46-42(44)45/h9-12,20-22,25-29,33-34,55-57H,5-8,13-19,43H2,1-4H3,(H,47,66)(H,48,62)(H,49,63)(H,50,65)(H,51,67)(H,52,58)(H,53,64)(H,60,61)(H,68,69)(H4,44,45,46)/t21-,22-,25+,26+,27+,28+,29+,33+,34+/m1/s1. The van der Waals surface area contributed by atoms with Crippen molar-refractivity contribution < 1.29 is 73.5 Å². The molecule has 1 saturated heterocycles. The molecule has 1 fully saturated rings. The minimum absolute atomic E-state index is 0.0351. The van der Waals surface area contributed by atoms with Crippen LogP contribution in [0, 0.1) is 5.92 Å². The summed E-state index contributed by atoms with van der Waals surface area (Å²) in [6, 6.07) is -4.63. The molecular weight excluding hydrogens is 913 g/mol. The van der Waals surface area contributed by atoms with E-state index in [-0.39, 0.29) is 62.8 Å². The van der Waals surface area contributed by atoms with Gasteiger partial charge in [0.25, 0.3) is 0 Å². The van der Waals surface area contributed by atoms with Crippen molar-refractivity contribution in [2.24, 2.45) is 28.1 Å². The smallest absolute Gasteiger partial charge is 0.326 e. The van der Waals surface area contributed by atoms with Gasteiger partial charge in [-0.05, 0) is 69.6 Å². The molecule has 1 aliphatic heterocycles. The number of phenols is 1. The summed E-state index contributed by atoms with van der Waals surface area (Å²) in [5.74, 6) is -10.6. The highest BCUT2D eigenvalue weighted by Crippen LogP contribution is 2.19. The molecule has 384 valence electrons. The van der Waals surface area contributed by atoms with Crippen molar-refractivity contribution in [3.8, 4) is 5.75 Å². The van der Waals surface area contributed by atoms with Crippen LogP contribution < -0.4 is 54.4 Å². The first-order valence-electron chi connectivity index (χ1n) is 22.1. The molecule has 27 nitrogen and oxygen atoms in total. The van der Waals surface area contributed by atoms with Crippen LogP contribution in [0.15, 0.2) is 29.3 Å². The van der Waals surface area contributed by atoms with Gasteiger partial charge in [-0.25, -0.2) is 4.79 Å². The number of guanidine groups is 1. The lowest BCUT2D eigenvalue weighted by Gasteiger charge is -2.29. The van der Waals surface area contributed by atoms with Gasteiger partial charge in [0, 0.05) is 19.5 Å². The number of hydrogen-bond acceptors (Lipinski definition) is 15. The first kappa shape index (κ1) is 58.0. The first-order valence-corrected chi connectivity index (χ1v) is 22.1. The maximum Gasteiger partial charge on any atom is 0.326 e. The summed E-state index contributed by atoms with van der Waals surface area (Å²) in [5.41, 5.74) is 16.6. The van der Waals surface area contributed by atoms with Crippen molar-refractivity contribution in [1.29, 1.82) is 0 Å². The molecule has 0 spiro atoms. The highest BCUT2D eigenvalue weighted by Gasteiger charge is 2.38. The number of phenolic OH excluding ortho intramolecular Hbond substituents is 1. The number of aliphatic imine (C=N–C) groups is 1. The number of carboxylic acids is 2. The SMILES string of the molecule is CC(C)C[C@H](NC(=O)[C@@H]1CCCN1C(=O)CNC(=O)[C@@H](N)CC(=O)O)C(=O)N[C@H](C(=O)NCC(=O)N[C@H](C(=O)N[C@@H](Cc1ccc(O)cc1)C(=O)N[C@@H](CCCN=C(N)N)C(=O)O)[C@@H](C)O)[C@@H](C)O. The number of carboxylic acid groups (broad SMARTS) is 2. The summed E-state index contributed by atoms with van der Waals surface area (Å²) < 4.78 is 0. The molecule has 8 amide bonds. The van der Waals surface area contributed by atoms with Crippen molar-refractivity contribution in [1.82, 2.24) is 42.1 Å². The van der Waals surface area contributed by atoms with E-state index in [1.807, 2.05) is 0 Å². The third kappa shape index (κ3) is 20.3. The summed E-state index contributed by atoms with van der Waals surface area (Å²) in [4.78, 5) is 134. The molecular formula is C42H66N12O15. The third-order valence-corrected chi connectivity index (χ3v) is 10.5. The molecule has 2 rings (SSSR count). The van der Waals surface area contributed by atoms with Crippen LogP contribution in [0.1, 0.15) is 71.8 Å². The van der Waals surface area contributed by atoms with Crippen LogP contribution in [0.5, 0.6) is 5.75 Å². The molecule has 9 atom stereocenters. The maximum absolute atomic E-state index is 13.6. The first-order chi connectivity index (χ1) is 32.3. The second-order valence-corrected chi connectivity index (χ2v) is 16.9. The normalized spacial score (nSPS) is 16.7. The number of carbonyl (C=O) groups is 10. The number of aromatic hydroxyl groups is 1. The molecule has 0 saturated carbocycles. The average Bonchev–Trinajstić information content (AvgIpc) is 3.76. The molecule has 0 bridgehead atoms. The summed E-state index contributed by atoms with van der Waals surface area (Å²) in [6.45, 7) is 4.55. The molecule has 1 aromatic carbocycles. The van der Waals surface area contributed by atoms with Gasteiger partial charge in [-0.2, -0.15) is 0 Å². The van der Waals surface area contributed by atoms with Gasteiger partial charge < -0.3 is 84.9 Å². The number of rotatable bonds is 28. The van der Waals surface area contributed by atoms with Crippen LogP contribution in [-0.4, -0.2) is 176 Å². The number of aliphatic carboxylic acids is 2. The fourth-order valence-corrected chi connectivity index (χ4v) is 6.92. The number of nitrogens with zero attached hydrogens (tertiary/aromatic N) is 2. The summed E-state index contributed by atoms with van der Waals surface area (Å²) in [5, 5.41) is 65.8. The van der Waals surface area contributed by atoms with Gasteiger partial charge in [0.1, 0.15) is 42.0 Å². The summed E-state index contributed by atoms with van der Waals surface area (Å²) >= 11 is 0. The Morgan fingerprint density at radius 2 is 1.32 bits per heavy atom. The molecule has 69 heavy (non-hydrogen) atoms. The monoisotopic (exact) mass is 978 g/mol. The second kappa shape index (κ2) is 28.3. The zero-order chi connectivity index (χ0) is 52.1. The number of carbonyl (C=O) groups excluding carboxylic acids is 8. The van der Waals surface area contributed by atoms with Gasteiger partial charge in [0.15, 0.2) is 5.96 Å². The molecule has 27 heteroatoms. The lowest BCUT2D eigenvalue weighted by atomic mass is 10.0. The van der Waals surface area contributed by atoms with E-state index in [1.54, 1.807) is 13.8 Å². The van der Waals surface area contributed by atoms with Crippen LogP contribution in [-0.2, 0) is 54.4 Å². The third-order valence-electron chi connectivity index (χ3n) is 10.5. The Morgan fingerprint density at radius 3 is 1.88 bits per heavy atom. The zero-order valence-corrected chi connectivity index (χ0v) is 38.8. The van der Waals surface area contributed by atoms with Crippen LogP contribution in [0.25, 0.3) is 0 Å². The quantitative estimate of drug-likeness (QED) is 0.0211. The van der Waals surface area contributed by atoms with Gasteiger partial charge in [-0.15, -0.1) is 0 Å². The number of aliphatic hydroxyl groups excluding tert-OH is 2. The number of likely N-dealkylation sites (tertiary alicyclic amines) is 1. The Balaban J connectivity index is 2.14. The van der Waals surface area contributed by atoms with Gasteiger partial charge in [0.05, 0.1) is 37.8 Å². The largest absolute Gasteiger partial charge is 0.508 e. The van der Waals surface area contributed by atoms with Crippen molar-refractivity contribution in [3.63, 3.8) is 0 Å². The average molecular weight is 979 g/mol. The lowest BCUT2D eigenvalue weighted by Crippen LogP contribution is -2.61. The minimum Gasteiger partial charge on any atom is -0.508 e. The van der Waals surface area contributed by atoms with Gasteiger partial charge in [0.2, 0.25) is 47.3 Å². The molecule has 0 aliphatic carbocycles. The number of nitrogens with one attached hydrogen (secondary N) is 7. The Bertz CT molecular complexity index is 2010. The van der Waals surface area contributed by atoms with E-state index in [4.69, 9.17) is 22.3 Å². The van der Waals surface area contributed by atoms with E-state index in [1.165, 1.54) is 36.1 Å². The predicted molar refractivity (Wildman–Crippen MR) is 243 cm³/mol. The van der Waals surface area contributed by atoms with Crippen LogP contribution in [0.3, 0.4) is 0 Å². The fourth-order valence-electron chi connectivity index (χ4n) is 6.92. The van der Waals surface area contributed by atoms with Crippen LogP contribution >= 0.6 is 0 Å². The van der Waals surface area contributed by atoms with E-state index < -0.39 is 133 Å². The Morgan fingerprint density at radius 1 is 0.739 bits per heavy atom. The van der Waals surface area contributed by atoms with E-state index in [2.05, 4.69) is 42.2 Å². The fraction of sp³-hybridized carbons (Fsp3) is 0.595. The van der Waals surface area contributed by atoms with Crippen molar-refractivity contribution in [2.75, 3.05) is 26.2 Å². The molecule has 1 aliphatic rings. The molecule has 0 aromatic heterocycles. The number of hydrogen-bond donors (Lipinski definition) is 15. The minimum atomic E-state index is -1.75. The number of benzene rings is 1.